The van der Waals surface area contributed by atoms with Crippen molar-refractivity contribution in [2.24, 2.45) is 5.73 Å². The summed E-state index contributed by atoms with van der Waals surface area (Å²) < 4.78 is 5.63. The summed E-state index contributed by atoms with van der Waals surface area (Å²) in [6.45, 7) is 6.60. The van der Waals surface area contributed by atoms with Crippen molar-refractivity contribution in [2.75, 3.05) is 0 Å². The van der Waals surface area contributed by atoms with Crippen molar-refractivity contribution in [1.82, 2.24) is 10.6 Å². The molecule has 6 N–H and O–H groups in total. The molecular formula is C11H19N5O. The van der Waals surface area contributed by atoms with Crippen molar-refractivity contribution in [3.8, 4) is 0 Å². The first kappa shape index (κ1) is 13.1. The van der Waals surface area contributed by atoms with E-state index in [-0.39, 0.29) is 17.3 Å². The van der Waals surface area contributed by atoms with Crippen molar-refractivity contribution in [1.29, 1.82) is 10.8 Å². The molecule has 0 unspecified atom stereocenters. The maximum absolute atomic E-state index is 7.41. The van der Waals surface area contributed by atoms with Gasteiger partial charge >= 0.3 is 0 Å². The van der Waals surface area contributed by atoms with E-state index in [0.29, 0.717) is 6.54 Å². The van der Waals surface area contributed by atoms with E-state index >= 15 is 0 Å². The topological polar surface area (TPSA) is 111 Å². The number of nitrogens with one attached hydrogen (secondary N) is 4. The zero-order valence-electron chi connectivity index (χ0n) is 10.3. The van der Waals surface area contributed by atoms with Gasteiger partial charge in [0.05, 0.1) is 6.54 Å². The molecule has 0 radical (unpaired) electrons. The van der Waals surface area contributed by atoms with Crippen molar-refractivity contribution in [3.63, 3.8) is 0 Å². The first-order valence-corrected chi connectivity index (χ1v) is 5.31. The van der Waals surface area contributed by atoms with Crippen LogP contribution in [0.1, 0.15) is 32.3 Å². The molecule has 0 saturated carbocycles. The normalized spacial score (nSPS) is 11.0. The minimum absolute atomic E-state index is 0.0220. The Morgan fingerprint density at radius 3 is 2.47 bits per heavy atom. The molecule has 0 aliphatic carbocycles. The van der Waals surface area contributed by atoms with E-state index in [1.165, 1.54) is 0 Å². The molecule has 0 amide bonds. The number of rotatable bonds is 2. The van der Waals surface area contributed by atoms with Crippen LogP contribution in [-0.4, -0.2) is 11.9 Å². The summed E-state index contributed by atoms with van der Waals surface area (Å²) in [7, 11) is 0. The molecule has 1 aromatic rings. The standard InChI is InChI=1S/C11H19N5O/c1-11(2,3)8-5-4-7(17-8)6-15-10(14)16-9(12)13/h4-5H,6H2,1-3H3,(H6,12,13,14,15,16). The third-order valence-electron chi connectivity index (χ3n) is 2.10. The Balaban J connectivity index is 2.51. The van der Waals surface area contributed by atoms with Crippen LogP contribution in [-0.2, 0) is 12.0 Å². The lowest BCUT2D eigenvalue weighted by molar-refractivity contribution is 0.384. The molecule has 1 rings (SSSR count). The maximum atomic E-state index is 7.41. The number of hydrogen-bond donors (Lipinski definition) is 5. The summed E-state index contributed by atoms with van der Waals surface area (Å²) >= 11 is 0. The highest BCUT2D eigenvalue weighted by atomic mass is 16.3. The Bertz CT molecular complexity index is 416. The van der Waals surface area contributed by atoms with Crippen molar-refractivity contribution >= 4 is 11.9 Å². The van der Waals surface area contributed by atoms with Crippen LogP contribution in [0.25, 0.3) is 0 Å². The van der Waals surface area contributed by atoms with Gasteiger partial charge in [-0.2, -0.15) is 0 Å². The molecule has 6 nitrogen and oxygen atoms in total. The fourth-order valence-corrected chi connectivity index (χ4v) is 1.23. The van der Waals surface area contributed by atoms with Crippen LogP contribution in [0.2, 0.25) is 0 Å². The molecule has 0 saturated heterocycles. The minimum Gasteiger partial charge on any atom is -0.464 e. The average molecular weight is 237 g/mol. The van der Waals surface area contributed by atoms with E-state index in [1.54, 1.807) is 0 Å². The van der Waals surface area contributed by atoms with Gasteiger partial charge in [0.25, 0.3) is 0 Å². The zero-order valence-corrected chi connectivity index (χ0v) is 10.3. The quantitative estimate of drug-likeness (QED) is 0.391. The molecule has 0 fully saturated rings. The smallest absolute Gasteiger partial charge is 0.195 e. The summed E-state index contributed by atoms with van der Waals surface area (Å²) in [6.07, 6.45) is 0. The molecule has 0 aromatic carbocycles. The van der Waals surface area contributed by atoms with Crippen LogP contribution in [0.15, 0.2) is 16.5 Å². The van der Waals surface area contributed by atoms with Gasteiger partial charge in [-0.25, -0.2) is 0 Å². The predicted octanol–water partition coefficient (Wildman–Crippen LogP) is 1.08. The molecular weight excluding hydrogens is 218 g/mol. The lowest BCUT2D eigenvalue weighted by atomic mass is 9.94. The monoisotopic (exact) mass is 237 g/mol. The molecule has 0 aliphatic rings. The van der Waals surface area contributed by atoms with E-state index in [1.807, 2.05) is 12.1 Å². The van der Waals surface area contributed by atoms with Gasteiger partial charge in [-0.1, -0.05) is 20.8 Å². The van der Waals surface area contributed by atoms with Crippen LogP contribution in [0.5, 0.6) is 0 Å². The minimum atomic E-state index is -0.266. The molecule has 0 spiro atoms. The SMILES string of the molecule is CC(C)(C)c1ccc(CNC(=N)NC(=N)N)o1. The van der Waals surface area contributed by atoms with Gasteiger partial charge in [-0.05, 0) is 12.1 Å². The van der Waals surface area contributed by atoms with Gasteiger partial charge in [0.1, 0.15) is 11.5 Å². The van der Waals surface area contributed by atoms with E-state index < -0.39 is 0 Å². The van der Waals surface area contributed by atoms with Crippen LogP contribution < -0.4 is 16.4 Å². The van der Waals surface area contributed by atoms with E-state index in [4.69, 9.17) is 21.0 Å². The number of nitrogens with two attached hydrogens (primary N) is 1. The van der Waals surface area contributed by atoms with Crippen LogP contribution in [0.3, 0.4) is 0 Å². The average Bonchev–Trinajstić information content (AvgIpc) is 2.61. The van der Waals surface area contributed by atoms with Crippen LogP contribution >= 0.6 is 0 Å². The number of hydrogen-bond acceptors (Lipinski definition) is 3. The molecule has 1 aromatic heterocycles. The molecule has 94 valence electrons. The Labute approximate surface area is 101 Å². The summed E-state index contributed by atoms with van der Waals surface area (Å²) in [4.78, 5) is 0. The highest BCUT2D eigenvalue weighted by Gasteiger charge is 2.17. The van der Waals surface area contributed by atoms with Crippen molar-refractivity contribution < 1.29 is 4.42 Å². The van der Waals surface area contributed by atoms with Gasteiger partial charge < -0.3 is 15.5 Å². The third kappa shape index (κ3) is 4.18. The highest BCUT2D eigenvalue weighted by molar-refractivity contribution is 5.94. The fraction of sp³-hybridized carbons (Fsp3) is 0.455. The maximum Gasteiger partial charge on any atom is 0.195 e. The Morgan fingerprint density at radius 2 is 2.00 bits per heavy atom. The molecule has 0 bridgehead atoms. The van der Waals surface area contributed by atoms with E-state index in [9.17, 15) is 0 Å². The summed E-state index contributed by atoms with van der Waals surface area (Å²) in [5.74, 6) is 1.36. The first-order valence-electron chi connectivity index (χ1n) is 5.31. The summed E-state index contributed by atoms with van der Waals surface area (Å²) in [6, 6.07) is 3.80. The number of guanidine groups is 2. The first-order chi connectivity index (χ1) is 7.79. The Morgan fingerprint density at radius 1 is 1.35 bits per heavy atom. The second-order valence-electron chi connectivity index (χ2n) is 4.78. The largest absolute Gasteiger partial charge is 0.464 e. The van der Waals surface area contributed by atoms with Gasteiger partial charge in [-0.15, -0.1) is 0 Å². The van der Waals surface area contributed by atoms with Crippen molar-refractivity contribution in [2.45, 2.75) is 32.7 Å². The Kier molecular flexibility index (Phi) is 3.77. The molecule has 17 heavy (non-hydrogen) atoms. The second-order valence-corrected chi connectivity index (χ2v) is 4.78. The van der Waals surface area contributed by atoms with Crippen molar-refractivity contribution in [3.05, 3.63) is 23.7 Å². The highest BCUT2D eigenvalue weighted by Crippen LogP contribution is 2.23. The second kappa shape index (κ2) is 4.90. The summed E-state index contributed by atoms with van der Waals surface area (Å²) in [5, 5.41) is 19.5. The third-order valence-corrected chi connectivity index (χ3v) is 2.10. The van der Waals surface area contributed by atoms with E-state index in [2.05, 4.69) is 31.4 Å². The van der Waals surface area contributed by atoms with Crippen LogP contribution in [0.4, 0.5) is 0 Å². The molecule has 0 aliphatic heterocycles. The predicted molar refractivity (Wildman–Crippen MR) is 67.0 cm³/mol. The van der Waals surface area contributed by atoms with Gasteiger partial charge in [0, 0.05) is 5.41 Å². The lowest BCUT2D eigenvalue weighted by Gasteiger charge is -2.14. The molecule has 0 atom stereocenters. The zero-order chi connectivity index (χ0) is 13.1. The van der Waals surface area contributed by atoms with E-state index in [0.717, 1.165) is 11.5 Å². The van der Waals surface area contributed by atoms with Gasteiger partial charge in [0.15, 0.2) is 11.9 Å². The Hall–Kier alpha value is -1.98. The van der Waals surface area contributed by atoms with Gasteiger partial charge in [0.2, 0.25) is 0 Å². The number of furan rings is 1. The van der Waals surface area contributed by atoms with Crippen LogP contribution in [0, 0.1) is 10.8 Å². The van der Waals surface area contributed by atoms with Gasteiger partial charge in [-0.3, -0.25) is 16.1 Å². The fourth-order valence-electron chi connectivity index (χ4n) is 1.23. The molecule has 1 heterocycles. The summed E-state index contributed by atoms with van der Waals surface area (Å²) in [5.41, 5.74) is 5.07. The molecule has 6 heteroatoms. The lowest BCUT2D eigenvalue weighted by Crippen LogP contribution is -2.42.